The van der Waals surface area contributed by atoms with E-state index >= 15 is 0 Å². The average molecular weight is 280 g/mol. The summed E-state index contributed by atoms with van der Waals surface area (Å²) >= 11 is 0. The van der Waals surface area contributed by atoms with Crippen molar-refractivity contribution in [2.24, 2.45) is 5.41 Å². The Labute approximate surface area is 117 Å². The summed E-state index contributed by atoms with van der Waals surface area (Å²) in [5.41, 5.74) is 0.586. The van der Waals surface area contributed by atoms with E-state index in [0.29, 0.717) is 0 Å². The largest absolute Gasteiger partial charge is 0.490 e. The number of nitro groups is 1. The van der Waals surface area contributed by atoms with Crippen LogP contribution in [-0.2, 0) is 0 Å². The Morgan fingerprint density at radius 1 is 1.60 bits per heavy atom. The van der Waals surface area contributed by atoms with Crippen LogP contribution in [0.3, 0.4) is 0 Å². The fourth-order valence-corrected chi connectivity index (χ4v) is 2.79. The molecule has 1 saturated carbocycles. The number of methoxy groups -OCH3 is 1. The van der Waals surface area contributed by atoms with Crippen molar-refractivity contribution in [2.75, 3.05) is 19.0 Å². The number of nitrogens with one attached hydrogen (secondary N) is 1. The molecule has 1 aromatic rings. The predicted octanol–water partition coefficient (Wildman–Crippen LogP) is 2.57. The zero-order valence-corrected chi connectivity index (χ0v) is 11.8. The molecule has 2 rings (SSSR count). The van der Waals surface area contributed by atoms with E-state index in [-0.39, 0.29) is 29.5 Å². The first-order valence-electron chi connectivity index (χ1n) is 6.70. The third-order valence-electron chi connectivity index (χ3n) is 4.16. The van der Waals surface area contributed by atoms with Gasteiger partial charge in [-0.3, -0.25) is 10.1 Å². The van der Waals surface area contributed by atoms with E-state index in [2.05, 4.69) is 12.2 Å². The van der Waals surface area contributed by atoms with Crippen LogP contribution in [0.2, 0.25) is 0 Å². The fourth-order valence-electron chi connectivity index (χ4n) is 2.79. The summed E-state index contributed by atoms with van der Waals surface area (Å²) in [7, 11) is 1.42. The number of aliphatic hydroxyl groups is 1. The molecule has 1 aliphatic carbocycles. The molecule has 20 heavy (non-hydrogen) atoms. The topological polar surface area (TPSA) is 84.6 Å². The Kier molecular flexibility index (Phi) is 4.13. The van der Waals surface area contributed by atoms with E-state index in [4.69, 9.17) is 4.74 Å². The van der Waals surface area contributed by atoms with Crippen LogP contribution in [0.25, 0.3) is 0 Å². The Morgan fingerprint density at radius 2 is 2.35 bits per heavy atom. The first-order chi connectivity index (χ1) is 9.50. The lowest BCUT2D eigenvalue weighted by Crippen LogP contribution is -2.36. The van der Waals surface area contributed by atoms with Gasteiger partial charge in [0.05, 0.1) is 18.6 Å². The Bertz CT molecular complexity index is 506. The van der Waals surface area contributed by atoms with Gasteiger partial charge in [0, 0.05) is 29.3 Å². The first kappa shape index (κ1) is 14.6. The molecule has 0 amide bonds. The quantitative estimate of drug-likeness (QED) is 0.639. The van der Waals surface area contributed by atoms with Crippen molar-refractivity contribution < 1.29 is 14.8 Å². The Hall–Kier alpha value is -1.82. The molecule has 1 aromatic carbocycles. The molecule has 0 spiro atoms. The molecule has 0 radical (unpaired) electrons. The zero-order valence-electron chi connectivity index (χ0n) is 11.8. The Balaban J connectivity index is 2.20. The summed E-state index contributed by atoms with van der Waals surface area (Å²) < 4.78 is 5.06. The van der Waals surface area contributed by atoms with Crippen molar-refractivity contribution in [3.8, 4) is 5.75 Å². The molecular formula is C14H20N2O4. The van der Waals surface area contributed by atoms with Crippen molar-refractivity contribution >= 4 is 11.4 Å². The van der Waals surface area contributed by atoms with Gasteiger partial charge in [0.25, 0.3) is 0 Å². The smallest absolute Gasteiger partial charge is 0.311 e. The molecule has 2 atom stereocenters. The van der Waals surface area contributed by atoms with Gasteiger partial charge in [-0.25, -0.2) is 0 Å². The molecular weight excluding hydrogens is 260 g/mol. The normalized spacial score (nSPS) is 25.4. The zero-order chi connectivity index (χ0) is 14.8. The van der Waals surface area contributed by atoms with Crippen molar-refractivity contribution in [3.63, 3.8) is 0 Å². The second kappa shape index (κ2) is 5.66. The van der Waals surface area contributed by atoms with Crippen molar-refractivity contribution in [1.82, 2.24) is 0 Å². The van der Waals surface area contributed by atoms with E-state index in [1.807, 2.05) is 0 Å². The number of ether oxygens (including phenoxy) is 1. The van der Waals surface area contributed by atoms with E-state index in [0.717, 1.165) is 24.9 Å². The summed E-state index contributed by atoms with van der Waals surface area (Å²) in [5.74, 6) is 0.240. The van der Waals surface area contributed by atoms with Crippen LogP contribution in [0.4, 0.5) is 11.4 Å². The van der Waals surface area contributed by atoms with Crippen molar-refractivity contribution in [2.45, 2.75) is 32.2 Å². The third kappa shape index (κ3) is 2.70. The number of nitro benzene ring substituents is 1. The molecule has 0 aliphatic heterocycles. The highest BCUT2D eigenvalue weighted by molar-refractivity contribution is 5.58. The van der Waals surface area contributed by atoms with Crippen LogP contribution in [-0.4, -0.2) is 29.8 Å². The van der Waals surface area contributed by atoms with E-state index in [9.17, 15) is 15.2 Å². The molecule has 1 fully saturated rings. The van der Waals surface area contributed by atoms with Crippen LogP contribution < -0.4 is 10.1 Å². The summed E-state index contributed by atoms with van der Waals surface area (Å²) in [6.07, 6.45) is 3.03. The summed E-state index contributed by atoms with van der Waals surface area (Å²) in [4.78, 5) is 10.4. The highest BCUT2D eigenvalue weighted by Crippen LogP contribution is 2.40. The second-order valence-electron chi connectivity index (χ2n) is 5.55. The molecule has 2 N–H and O–H groups in total. The van der Waals surface area contributed by atoms with Gasteiger partial charge in [0.2, 0.25) is 0 Å². The molecule has 0 aromatic heterocycles. The maximum Gasteiger partial charge on any atom is 0.311 e. The highest BCUT2D eigenvalue weighted by atomic mass is 16.6. The number of benzene rings is 1. The number of anilines is 1. The summed E-state index contributed by atoms with van der Waals surface area (Å²) in [6.45, 7) is 2.19. The first-order valence-corrected chi connectivity index (χ1v) is 6.70. The van der Waals surface area contributed by atoms with Crippen LogP contribution in [0.15, 0.2) is 18.2 Å². The highest BCUT2D eigenvalue weighted by Gasteiger charge is 2.38. The van der Waals surface area contributed by atoms with E-state index in [1.54, 1.807) is 12.1 Å². The summed E-state index contributed by atoms with van der Waals surface area (Å²) in [6, 6.07) is 4.91. The maximum absolute atomic E-state index is 10.9. The van der Waals surface area contributed by atoms with Gasteiger partial charge in [-0.2, -0.15) is 0 Å². The van der Waals surface area contributed by atoms with Crippen LogP contribution in [0, 0.1) is 15.5 Å². The molecule has 1 aliphatic rings. The van der Waals surface area contributed by atoms with Gasteiger partial charge < -0.3 is 15.2 Å². The lowest BCUT2D eigenvalue weighted by molar-refractivity contribution is -0.385. The number of hydrogen-bond acceptors (Lipinski definition) is 5. The van der Waals surface area contributed by atoms with Gasteiger partial charge in [0.15, 0.2) is 5.75 Å². The molecule has 0 saturated heterocycles. The minimum atomic E-state index is -0.462. The lowest BCUT2D eigenvalue weighted by Gasteiger charge is -2.31. The van der Waals surface area contributed by atoms with Gasteiger partial charge in [0.1, 0.15) is 0 Å². The SMILES string of the molecule is COc1cc(N[C@H]2CCC[C@@]2(C)CO)ccc1[N+](=O)[O-]. The average Bonchev–Trinajstić information content (AvgIpc) is 2.80. The molecule has 6 nitrogen and oxygen atoms in total. The summed E-state index contributed by atoms with van der Waals surface area (Å²) in [5, 5.41) is 23.8. The number of aliphatic hydroxyl groups excluding tert-OH is 1. The molecule has 110 valence electrons. The lowest BCUT2D eigenvalue weighted by atomic mass is 9.85. The van der Waals surface area contributed by atoms with Gasteiger partial charge in [-0.05, 0) is 18.9 Å². The predicted molar refractivity (Wildman–Crippen MR) is 76.1 cm³/mol. The molecule has 0 unspecified atom stereocenters. The van der Waals surface area contributed by atoms with Crippen LogP contribution in [0.5, 0.6) is 5.75 Å². The third-order valence-corrected chi connectivity index (χ3v) is 4.16. The number of nitrogens with zero attached hydrogens (tertiary/aromatic N) is 1. The van der Waals surface area contributed by atoms with Crippen LogP contribution in [0.1, 0.15) is 26.2 Å². The van der Waals surface area contributed by atoms with E-state index in [1.165, 1.54) is 13.2 Å². The van der Waals surface area contributed by atoms with Gasteiger partial charge in [-0.1, -0.05) is 13.3 Å². The van der Waals surface area contributed by atoms with Gasteiger partial charge in [-0.15, -0.1) is 0 Å². The van der Waals surface area contributed by atoms with Gasteiger partial charge >= 0.3 is 5.69 Å². The fraction of sp³-hybridized carbons (Fsp3) is 0.571. The van der Waals surface area contributed by atoms with Crippen molar-refractivity contribution in [1.29, 1.82) is 0 Å². The number of rotatable bonds is 5. The second-order valence-corrected chi connectivity index (χ2v) is 5.55. The monoisotopic (exact) mass is 280 g/mol. The maximum atomic E-state index is 10.9. The molecule has 0 heterocycles. The Morgan fingerprint density at radius 3 is 2.95 bits per heavy atom. The van der Waals surface area contributed by atoms with Crippen molar-refractivity contribution in [3.05, 3.63) is 28.3 Å². The minimum absolute atomic E-state index is 0.0469. The molecule has 6 heteroatoms. The standard InChI is InChI=1S/C14H20N2O4/c1-14(9-17)7-3-4-13(14)15-10-5-6-11(16(18)19)12(8-10)20-2/h5-6,8,13,15,17H,3-4,7,9H2,1-2H3/t13-,14-/m0/s1. The molecule has 0 bridgehead atoms. The van der Waals surface area contributed by atoms with Crippen LogP contribution >= 0.6 is 0 Å². The minimum Gasteiger partial charge on any atom is -0.490 e. The number of hydrogen-bond donors (Lipinski definition) is 2. The van der Waals surface area contributed by atoms with E-state index < -0.39 is 4.92 Å².